The summed E-state index contributed by atoms with van der Waals surface area (Å²) >= 11 is 0. The second kappa shape index (κ2) is 5.63. The lowest BCUT2D eigenvalue weighted by Gasteiger charge is -2.26. The average molecular weight is 300 g/mol. The molecule has 0 aliphatic heterocycles. The molecule has 6 nitrogen and oxygen atoms in total. The Labute approximate surface area is 120 Å². The van der Waals surface area contributed by atoms with E-state index in [4.69, 9.17) is 5.73 Å². The number of aryl methyl sites for hydroxylation is 1. The number of anilines is 2. The largest absolute Gasteiger partial charge is 0.383 e. The average Bonchev–Trinajstić information content (AvgIpc) is 2.57. The maximum Gasteiger partial charge on any atom is 0.182 e. The summed E-state index contributed by atoms with van der Waals surface area (Å²) < 4.78 is 25.5. The molecule has 1 fully saturated rings. The van der Waals surface area contributed by atoms with Gasteiger partial charge in [-0.2, -0.15) is 5.10 Å². The first-order chi connectivity index (χ1) is 9.29. The number of nitrogens with one attached hydrogen (secondary N) is 1. The van der Waals surface area contributed by atoms with Crippen molar-refractivity contribution in [2.24, 2.45) is 5.92 Å². The molecular weight excluding hydrogens is 276 g/mol. The molecule has 1 aliphatic carbocycles. The second-order valence-corrected chi connectivity index (χ2v) is 7.97. The Bertz CT molecular complexity index is 573. The van der Waals surface area contributed by atoms with Crippen LogP contribution in [0.5, 0.6) is 0 Å². The van der Waals surface area contributed by atoms with Crippen molar-refractivity contribution in [2.75, 3.05) is 17.3 Å². The van der Waals surface area contributed by atoms with Gasteiger partial charge in [-0.05, 0) is 31.6 Å². The van der Waals surface area contributed by atoms with Gasteiger partial charge in [-0.1, -0.05) is 13.8 Å². The molecule has 2 rings (SSSR count). The molecule has 1 aromatic rings. The molecule has 0 atom stereocenters. The number of aromatic nitrogens is 2. The minimum atomic E-state index is -3.38. The molecule has 114 valence electrons. The minimum Gasteiger partial charge on any atom is -0.383 e. The van der Waals surface area contributed by atoms with E-state index >= 15 is 0 Å². The topological polar surface area (TPSA) is 90.0 Å². The van der Waals surface area contributed by atoms with Crippen molar-refractivity contribution < 1.29 is 8.42 Å². The summed E-state index contributed by atoms with van der Waals surface area (Å²) in [5, 5.41) is 7.58. The number of rotatable bonds is 6. The zero-order valence-electron chi connectivity index (χ0n) is 12.4. The summed E-state index contributed by atoms with van der Waals surface area (Å²) in [4.78, 5) is 0.146. The van der Waals surface area contributed by atoms with E-state index in [1.165, 1.54) is 12.7 Å². The zero-order chi connectivity index (χ0) is 14.9. The van der Waals surface area contributed by atoms with Gasteiger partial charge >= 0.3 is 0 Å². The van der Waals surface area contributed by atoms with Crippen LogP contribution in [-0.2, 0) is 16.4 Å². The van der Waals surface area contributed by atoms with Gasteiger partial charge < -0.3 is 11.1 Å². The Kier molecular flexibility index (Phi) is 4.27. The molecule has 0 bridgehead atoms. The van der Waals surface area contributed by atoms with Gasteiger partial charge in [0.05, 0.1) is 0 Å². The third-order valence-corrected chi connectivity index (χ3v) is 4.83. The van der Waals surface area contributed by atoms with Gasteiger partial charge in [-0.3, -0.25) is 0 Å². The van der Waals surface area contributed by atoms with E-state index in [0.29, 0.717) is 24.3 Å². The molecule has 0 aromatic carbocycles. The Balaban J connectivity index is 2.30. The Morgan fingerprint density at radius 1 is 1.45 bits per heavy atom. The fraction of sp³-hybridized carbons (Fsp3) is 0.769. The molecule has 20 heavy (non-hydrogen) atoms. The second-order valence-electron chi connectivity index (χ2n) is 6.01. The van der Waals surface area contributed by atoms with Crippen LogP contribution in [0.3, 0.4) is 0 Å². The van der Waals surface area contributed by atoms with Crippen molar-refractivity contribution in [1.82, 2.24) is 9.78 Å². The zero-order valence-corrected chi connectivity index (χ0v) is 13.2. The summed E-state index contributed by atoms with van der Waals surface area (Å²) in [6.45, 7) is 4.87. The van der Waals surface area contributed by atoms with E-state index in [0.717, 1.165) is 19.3 Å². The van der Waals surface area contributed by atoms with Crippen LogP contribution in [0.1, 0.15) is 39.5 Å². The maximum absolute atomic E-state index is 11.9. The predicted octanol–water partition coefficient (Wildman–Crippen LogP) is 1.88. The highest BCUT2D eigenvalue weighted by molar-refractivity contribution is 7.91. The van der Waals surface area contributed by atoms with Crippen LogP contribution < -0.4 is 11.1 Å². The number of hydrogen-bond acceptors (Lipinski definition) is 5. The van der Waals surface area contributed by atoms with Gasteiger partial charge in [0.1, 0.15) is 5.82 Å². The van der Waals surface area contributed by atoms with Gasteiger partial charge in [0.2, 0.25) is 0 Å². The van der Waals surface area contributed by atoms with Crippen molar-refractivity contribution in [3.05, 3.63) is 0 Å². The highest BCUT2D eigenvalue weighted by Gasteiger charge is 2.27. The SMILES string of the molecule is CC(C)CCn1nc(NC2CCC2)c(S(C)(=O)=O)c1N. The number of nitrogens with zero attached hydrogens (tertiary/aromatic N) is 2. The summed E-state index contributed by atoms with van der Waals surface area (Å²) in [6, 6.07) is 0.323. The lowest BCUT2D eigenvalue weighted by atomic mass is 9.93. The molecule has 3 N–H and O–H groups in total. The van der Waals surface area contributed by atoms with Gasteiger partial charge in [0.15, 0.2) is 20.6 Å². The molecule has 0 radical (unpaired) electrons. The van der Waals surface area contributed by atoms with Crippen LogP contribution >= 0.6 is 0 Å². The molecule has 7 heteroatoms. The van der Waals surface area contributed by atoms with Gasteiger partial charge in [0.25, 0.3) is 0 Å². The number of nitrogen functional groups attached to an aromatic ring is 1. The molecule has 0 saturated heterocycles. The Morgan fingerprint density at radius 2 is 2.10 bits per heavy atom. The van der Waals surface area contributed by atoms with E-state index in [2.05, 4.69) is 24.3 Å². The molecule has 1 aliphatic rings. The minimum absolute atomic E-state index is 0.146. The monoisotopic (exact) mass is 300 g/mol. The Morgan fingerprint density at radius 3 is 2.55 bits per heavy atom. The summed E-state index contributed by atoms with van der Waals surface area (Å²) in [5.41, 5.74) is 5.99. The molecular formula is C13H24N4O2S. The van der Waals surface area contributed by atoms with Crippen LogP contribution in [0.2, 0.25) is 0 Å². The number of sulfone groups is 1. The fourth-order valence-corrected chi connectivity index (χ4v) is 3.15. The molecule has 1 saturated carbocycles. The molecule has 0 unspecified atom stereocenters. The fourth-order valence-electron chi connectivity index (χ4n) is 2.22. The smallest absolute Gasteiger partial charge is 0.182 e. The Hall–Kier alpha value is -1.24. The van der Waals surface area contributed by atoms with Crippen molar-refractivity contribution >= 4 is 21.5 Å². The van der Waals surface area contributed by atoms with Crippen LogP contribution in [0.15, 0.2) is 4.90 Å². The van der Waals surface area contributed by atoms with Crippen molar-refractivity contribution in [3.8, 4) is 0 Å². The highest BCUT2D eigenvalue weighted by atomic mass is 32.2. The first-order valence-electron chi connectivity index (χ1n) is 7.12. The molecule has 1 aromatic heterocycles. The van der Waals surface area contributed by atoms with Gasteiger partial charge in [-0.15, -0.1) is 0 Å². The van der Waals surface area contributed by atoms with Crippen molar-refractivity contribution in [3.63, 3.8) is 0 Å². The van der Waals surface area contributed by atoms with Crippen LogP contribution in [0.4, 0.5) is 11.6 Å². The molecule has 0 spiro atoms. The van der Waals surface area contributed by atoms with E-state index in [-0.39, 0.29) is 10.7 Å². The van der Waals surface area contributed by atoms with Crippen LogP contribution in [0.25, 0.3) is 0 Å². The van der Waals surface area contributed by atoms with Crippen molar-refractivity contribution in [1.29, 1.82) is 0 Å². The normalized spacial score (nSPS) is 16.4. The van der Waals surface area contributed by atoms with E-state index < -0.39 is 9.84 Å². The van der Waals surface area contributed by atoms with Gasteiger partial charge in [-0.25, -0.2) is 13.1 Å². The highest BCUT2D eigenvalue weighted by Crippen LogP contribution is 2.31. The summed E-state index contributed by atoms with van der Waals surface area (Å²) in [6.07, 6.45) is 5.39. The lowest BCUT2D eigenvalue weighted by molar-refractivity contribution is 0.442. The predicted molar refractivity (Wildman–Crippen MR) is 80.5 cm³/mol. The van der Waals surface area contributed by atoms with Gasteiger partial charge in [0, 0.05) is 18.8 Å². The maximum atomic E-state index is 11.9. The first kappa shape index (κ1) is 15.2. The number of hydrogen-bond donors (Lipinski definition) is 2. The van der Waals surface area contributed by atoms with E-state index in [1.807, 2.05) is 0 Å². The molecule has 0 amide bonds. The van der Waals surface area contributed by atoms with Crippen LogP contribution in [-0.4, -0.2) is 30.5 Å². The first-order valence-corrected chi connectivity index (χ1v) is 9.01. The lowest BCUT2D eigenvalue weighted by Crippen LogP contribution is -2.28. The summed E-state index contributed by atoms with van der Waals surface area (Å²) in [5.74, 6) is 1.18. The standard InChI is InChI=1S/C13H24N4O2S/c1-9(2)7-8-17-12(14)11(20(3,18)19)13(16-17)15-10-5-4-6-10/h9-10H,4-8,14H2,1-3H3,(H,15,16). The third-order valence-electron chi connectivity index (χ3n) is 3.68. The third kappa shape index (κ3) is 3.26. The van der Waals surface area contributed by atoms with Crippen molar-refractivity contribution in [2.45, 2.75) is 57.0 Å². The molecule has 1 heterocycles. The summed E-state index contributed by atoms with van der Waals surface area (Å²) in [7, 11) is -3.38. The number of nitrogens with two attached hydrogens (primary N) is 1. The van der Waals surface area contributed by atoms with E-state index in [1.54, 1.807) is 4.68 Å². The van der Waals surface area contributed by atoms with Crippen LogP contribution in [0, 0.1) is 5.92 Å². The van der Waals surface area contributed by atoms with E-state index in [9.17, 15) is 8.42 Å². The quantitative estimate of drug-likeness (QED) is 0.837.